The lowest BCUT2D eigenvalue weighted by atomic mass is 10.2. The van der Waals surface area contributed by atoms with Gasteiger partial charge < -0.3 is 0 Å². The number of benzene rings is 1. The van der Waals surface area contributed by atoms with Gasteiger partial charge in [-0.05, 0) is 25.1 Å². The standard InChI is InChI=1S/C11H10N2/c1-3-9-5-6-11-10(7-9)8-12-13(11)4-2/h1,5-8H,4H2,2H3. The Bertz CT molecular complexity index is 474. The SMILES string of the molecule is C#Cc1ccc2c(cnn2CC)c1. The molecule has 2 nitrogen and oxygen atoms in total. The maximum atomic E-state index is 5.30. The highest BCUT2D eigenvalue weighted by Crippen LogP contribution is 2.14. The molecule has 0 N–H and O–H groups in total. The molecule has 0 atom stereocenters. The van der Waals surface area contributed by atoms with Crippen LogP contribution < -0.4 is 0 Å². The molecule has 0 unspecified atom stereocenters. The first kappa shape index (κ1) is 7.88. The molecule has 2 aromatic rings. The van der Waals surface area contributed by atoms with E-state index < -0.39 is 0 Å². The fourth-order valence-corrected chi connectivity index (χ4v) is 1.43. The van der Waals surface area contributed by atoms with Crippen molar-refractivity contribution in [3.05, 3.63) is 30.0 Å². The van der Waals surface area contributed by atoms with Gasteiger partial charge >= 0.3 is 0 Å². The van der Waals surface area contributed by atoms with Crippen molar-refractivity contribution in [1.29, 1.82) is 0 Å². The van der Waals surface area contributed by atoms with Gasteiger partial charge in [-0.15, -0.1) is 6.42 Å². The molecule has 1 heterocycles. The lowest BCUT2D eigenvalue weighted by Crippen LogP contribution is -1.94. The molecule has 0 spiro atoms. The molecular weight excluding hydrogens is 160 g/mol. The van der Waals surface area contributed by atoms with Crippen molar-refractivity contribution in [3.8, 4) is 12.3 Å². The van der Waals surface area contributed by atoms with E-state index in [9.17, 15) is 0 Å². The molecule has 0 saturated heterocycles. The Kier molecular flexibility index (Phi) is 1.79. The van der Waals surface area contributed by atoms with Gasteiger partial charge in [0, 0.05) is 17.5 Å². The van der Waals surface area contributed by atoms with Crippen LogP contribution in [0.5, 0.6) is 0 Å². The molecular formula is C11H10N2. The molecule has 1 aromatic heterocycles. The lowest BCUT2D eigenvalue weighted by molar-refractivity contribution is 0.684. The third kappa shape index (κ3) is 1.19. The minimum atomic E-state index is 0.888. The molecule has 2 heteroatoms. The van der Waals surface area contributed by atoms with Crippen molar-refractivity contribution in [2.24, 2.45) is 0 Å². The normalized spacial score (nSPS) is 10.2. The van der Waals surface area contributed by atoms with E-state index in [1.54, 1.807) is 0 Å². The summed E-state index contributed by atoms with van der Waals surface area (Å²) in [5.74, 6) is 2.61. The highest BCUT2D eigenvalue weighted by molar-refractivity contribution is 5.80. The Morgan fingerprint density at radius 2 is 2.38 bits per heavy atom. The predicted octanol–water partition coefficient (Wildman–Crippen LogP) is 2.04. The summed E-state index contributed by atoms with van der Waals surface area (Å²) in [4.78, 5) is 0. The molecule has 13 heavy (non-hydrogen) atoms. The summed E-state index contributed by atoms with van der Waals surface area (Å²) < 4.78 is 1.95. The van der Waals surface area contributed by atoms with Gasteiger partial charge in [0.25, 0.3) is 0 Å². The highest BCUT2D eigenvalue weighted by atomic mass is 15.3. The molecule has 0 aliphatic rings. The topological polar surface area (TPSA) is 17.8 Å². The maximum Gasteiger partial charge on any atom is 0.0683 e. The van der Waals surface area contributed by atoms with E-state index in [1.807, 2.05) is 29.1 Å². The van der Waals surface area contributed by atoms with Crippen LogP contribution >= 0.6 is 0 Å². The number of terminal acetylenes is 1. The van der Waals surface area contributed by atoms with Crippen LogP contribution in [-0.4, -0.2) is 9.78 Å². The van der Waals surface area contributed by atoms with E-state index in [2.05, 4.69) is 17.9 Å². The second-order valence-electron chi connectivity index (χ2n) is 2.88. The van der Waals surface area contributed by atoms with Gasteiger partial charge in [0.05, 0.1) is 11.7 Å². The van der Waals surface area contributed by atoms with Crippen LogP contribution in [0, 0.1) is 12.3 Å². The molecule has 1 aromatic carbocycles. The smallest absolute Gasteiger partial charge is 0.0683 e. The first-order chi connectivity index (χ1) is 6.35. The predicted molar refractivity (Wildman–Crippen MR) is 53.3 cm³/mol. The molecule has 64 valence electrons. The summed E-state index contributed by atoms with van der Waals surface area (Å²) in [6.45, 7) is 2.96. The Morgan fingerprint density at radius 3 is 3.08 bits per heavy atom. The van der Waals surface area contributed by atoms with Crippen LogP contribution in [-0.2, 0) is 6.54 Å². The zero-order valence-corrected chi connectivity index (χ0v) is 7.49. The number of rotatable bonds is 1. The van der Waals surface area contributed by atoms with Gasteiger partial charge in [0.15, 0.2) is 0 Å². The van der Waals surface area contributed by atoms with Gasteiger partial charge in [0.2, 0.25) is 0 Å². The van der Waals surface area contributed by atoms with E-state index in [0.717, 1.165) is 23.0 Å². The quantitative estimate of drug-likeness (QED) is 0.599. The van der Waals surface area contributed by atoms with Crippen molar-refractivity contribution < 1.29 is 0 Å². The molecule has 2 rings (SSSR count). The summed E-state index contributed by atoms with van der Waals surface area (Å²) >= 11 is 0. The summed E-state index contributed by atoms with van der Waals surface area (Å²) in [6, 6.07) is 5.94. The van der Waals surface area contributed by atoms with Crippen LogP contribution in [0.15, 0.2) is 24.4 Å². The van der Waals surface area contributed by atoms with E-state index in [1.165, 1.54) is 0 Å². The largest absolute Gasteiger partial charge is 0.265 e. The van der Waals surface area contributed by atoms with Gasteiger partial charge in [-0.2, -0.15) is 5.10 Å². The molecule has 0 aliphatic heterocycles. The number of hydrogen-bond donors (Lipinski definition) is 0. The fourth-order valence-electron chi connectivity index (χ4n) is 1.43. The molecule has 0 aliphatic carbocycles. The summed E-state index contributed by atoms with van der Waals surface area (Å²) in [5, 5.41) is 5.35. The minimum absolute atomic E-state index is 0.888. The highest BCUT2D eigenvalue weighted by Gasteiger charge is 2.00. The Balaban J connectivity index is 2.70. The van der Waals surface area contributed by atoms with Crippen molar-refractivity contribution in [2.45, 2.75) is 13.5 Å². The zero-order valence-electron chi connectivity index (χ0n) is 7.49. The minimum Gasteiger partial charge on any atom is -0.265 e. The van der Waals surface area contributed by atoms with Crippen LogP contribution in [0.2, 0.25) is 0 Å². The van der Waals surface area contributed by atoms with Gasteiger partial charge in [-0.1, -0.05) is 5.92 Å². The van der Waals surface area contributed by atoms with Crippen LogP contribution in [0.3, 0.4) is 0 Å². The molecule has 0 radical (unpaired) electrons. The number of aromatic nitrogens is 2. The van der Waals surface area contributed by atoms with E-state index in [0.29, 0.717) is 0 Å². The second kappa shape index (κ2) is 2.95. The zero-order chi connectivity index (χ0) is 9.26. The molecule has 0 fully saturated rings. The first-order valence-electron chi connectivity index (χ1n) is 4.27. The van der Waals surface area contributed by atoms with Crippen molar-refractivity contribution in [3.63, 3.8) is 0 Å². The third-order valence-electron chi connectivity index (χ3n) is 2.11. The maximum absolute atomic E-state index is 5.30. The van der Waals surface area contributed by atoms with Crippen LogP contribution in [0.1, 0.15) is 12.5 Å². The van der Waals surface area contributed by atoms with E-state index >= 15 is 0 Å². The molecule has 0 bridgehead atoms. The summed E-state index contributed by atoms with van der Waals surface area (Å²) in [7, 11) is 0. The average molecular weight is 170 g/mol. The second-order valence-corrected chi connectivity index (χ2v) is 2.88. The molecule has 0 saturated carbocycles. The lowest BCUT2D eigenvalue weighted by Gasteiger charge is -1.97. The van der Waals surface area contributed by atoms with Crippen LogP contribution in [0.4, 0.5) is 0 Å². The van der Waals surface area contributed by atoms with Crippen molar-refractivity contribution >= 4 is 10.9 Å². The Hall–Kier alpha value is -1.75. The fraction of sp³-hybridized carbons (Fsp3) is 0.182. The van der Waals surface area contributed by atoms with E-state index in [4.69, 9.17) is 6.42 Å². The van der Waals surface area contributed by atoms with E-state index in [-0.39, 0.29) is 0 Å². The summed E-state index contributed by atoms with van der Waals surface area (Å²) in [6.07, 6.45) is 7.15. The number of nitrogens with zero attached hydrogens (tertiary/aromatic N) is 2. The van der Waals surface area contributed by atoms with Gasteiger partial charge in [-0.25, -0.2) is 0 Å². The molecule has 0 amide bonds. The van der Waals surface area contributed by atoms with Gasteiger partial charge in [0.1, 0.15) is 0 Å². The van der Waals surface area contributed by atoms with Gasteiger partial charge in [-0.3, -0.25) is 4.68 Å². The van der Waals surface area contributed by atoms with Crippen molar-refractivity contribution in [2.75, 3.05) is 0 Å². The average Bonchev–Trinajstić information content (AvgIpc) is 2.59. The Labute approximate surface area is 77.2 Å². The summed E-state index contributed by atoms with van der Waals surface area (Å²) in [5.41, 5.74) is 2.05. The van der Waals surface area contributed by atoms with Crippen molar-refractivity contribution in [1.82, 2.24) is 9.78 Å². The van der Waals surface area contributed by atoms with Crippen LogP contribution in [0.25, 0.3) is 10.9 Å². The third-order valence-corrected chi connectivity index (χ3v) is 2.11. The number of hydrogen-bond acceptors (Lipinski definition) is 1. The number of aryl methyl sites for hydroxylation is 1. The Morgan fingerprint density at radius 1 is 1.54 bits per heavy atom. The monoisotopic (exact) mass is 170 g/mol. The first-order valence-corrected chi connectivity index (χ1v) is 4.27. The number of fused-ring (bicyclic) bond motifs is 1.